The van der Waals surface area contributed by atoms with Gasteiger partial charge >= 0.3 is 0 Å². The third kappa shape index (κ3) is 3.21. The fourth-order valence-corrected chi connectivity index (χ4v) is 2.06. The molecule has 0 aliphatic carbocycles. The third-order valence-corrected chi connectivity index (χ3v) is 3.35. The molecule has 6 nitrogen and oxygen atoms in total. The van der Waals surface area contributed by atoms with Crippen LogP contribution in [0.25, 0.3) is 6.08 Å². The summed E-state index contributed by atoms with van der Waals surface area (Å²) in [4.78, 5) is 24.0. The second kappa shape index (κ2) is 6.29. The topological polar surface area (TPSA) is 75.5 Å². The van der Waals surface area contributed by atoms with Crippen molar-refractivity contribution < 1.29 is 9.72 Å². The number of carbonyl (C=O) groups is 1. The van der Waals surface area contributed by atoms with Crippen LogP contribution in [-0.2, 0) is 4.79 Å². The fourth-order valence-electron chi connectivity index (χ4n) is 2.06. The fraction of sp³-hybridized carbons (Fsp3) is 0.357. The van der Waals surface area contributed by atoms with E-state index in [4.69, 9.17) is 0 Å². The van der Waals surface area contributed by atoms with Crippen molar-refractivity contribution in [2.24, 2.45) is 0 Å². The van der Waals surface area contributed by atoms with Crippen molar-refractivity contribution in [2.75, 3.05) is 19.6 Å². The number of likely N-dealkylation sites (N-methyl/N-ethyl adjacent to an activating group) is 1. The van der Waals surface area contributed by atoms with Crippen molar-refractivity contribution in [2.45, 2.75) is 13.0 Å². The summed E-state index contributed by atoms with van der Waals surface area (Å²) < 4.78 is 0. The Kier molecular flexibility index (Phi) is 4.47. The van der Waals surface area contributed by atoms with Gasteiger partial charge in [-0.3, -0.25) is 14.9 Å². The van der Waals surface area contributed by atoms with Gasteiger partial charge in [0.25, 0.3) is 5.69 Å². The number of nitrogens with one attached hydrogen (secondary N) is 1. The van der Waals surface area contributed by atoms with Gasteiger partial charge in [0.05, 0.1) is 11.0 Å². The van der Waals surface area contributed by atoms with Crippen molar-refractivity contribution in [3.63, 3.8) is 0 Å². The molecule has 106 valence electrons. The maximum absolute atomic E-state index is 12.1. The van der Waals surface area contributed by atoms with E-state index >= 15 is 0 Å². The second-order valence-electron chi connectivity index (χ2n) is 4.62. The number of nitro benzene ring substituents is 1. The van der Waals surface area contributed by atoms with Gasteiger partial charge in [0.15, 0.2) is 0 Å². The summed E-state index contributed by atoms with van der Waals surface area (Å²) >= 11 is 0. The molecule has 1 amide bonds. The van der Waals surface area contributed by atoms with E-state index in [1.54, 1.807) is 18.2 Å². The first-order valence-corrected chi connectivity index (χ1v) is 6.55. The van der Waals surface area contributed by atoms with Gasteiger partial charge in [-0.15, -0.1) is 0 Å². The number of benzene rings is 1. The molecule has 1 aliphatic rings. The molecule has 0 spiro atoms. The predicted octanol–water partition coefficient (Wildman–Crippen LogP) is 1.43. The maximum atomic E-state index is 12.1. The molecule has 1 aromatic rings. The molecular weight excluding hydrogens is 258 g/mol. The van der Waals surface area contributed by atoms with Crippen LogP contribution in [0.4, 0.5) is 5.69 Å². The van der Waals surface area contributed by atoms with Crippen LogP contribution in [0.15, 0.2) is 30.3 Å². The second-order valence-corrected chi connectivity index (χ2v) is 4.62. The van der Waals surface area contributed by atoms with E-state index < -0.39 is 4.92 Å². The Bertz CT molecular complexity index is 521. The molecule has 2 rings (SSSR count). The highest BCUT2D eigenvalue weighted by atomic mass is 16.6. The Morgan fingerprint density at radius 3 is 2.55 bits per heavy atom. The van der Waals surface area contributed by atoms with Crippen LogP contribution in [-0.4, -0.2) is 41.4 Å². The molecule has 1 aromatic carbocycles. The van der Waals surface area contributed by atoms with Crippen LogP contribution in [0.5, 0.6) is 0 Å². The number of non-ortho nitro benzene ring substituents is 1. The Morgan fingerprint density at radius 1 is 1.45 bits per heavy atom. The number of nitro groups is 1. The summed E-state index contributed by atoms with van der Waals surface area (Å²) in [6.45, 7) is 4.31. The molecule has 1 N–H and O–H groups in total. The molecule has 0 saturated carbocycles. The molecule has 6 heteroatoms. The van der Waals surface area contributed by atoms with E-state index in [1.165, 1.54) is 18.2 Å². The summed E-state index contributed by atoms with van der Waals surface area (Å²) in [6.07, 6.45) is 3.20. The van der Waals surface area contributed by atoms with Gasteiger partial charge in [0.1, 0.15) is 0 Å². The van der Waals surface area contributed by atoms with Crippen LogP contribution >= 0.6 is 0 Å². The molecule has 1 aliphatic heterocycles. The predicted molar refractivity (Wildman–Crippen MR) is 76.2 cm³/mol. The third-order valence-electron chi connectivity index (χ3n) is 3.35. The summed E-state index contributed by atoms with van der Waals surface area (Å²) in [6, 6.07) is 6.38. The van der Waals surface area contributed by atoms with E-state index in [2.05, 4.69) is 5.32 Å². The smallest absolute Gasteiger partial charge is 0.269 e. The van der Waals surface area contributed by atoms with Gasteiger partial charge in [-0.05, 0) is 30.7 Å². The Hall–Kier alpha value is -2.21. The van der Waals surface area contributed by atoms with Crippen LogP contribution in [0.3, 0.4) is 0 Å². The van der Waals surface area contributed by atoms with Crippen molar-refractivity contribution in [1.82, 2.24) is 10.2 Å². The largest absolute Gasteiger partial charge is 0.334 e. The lowest BCUT2D eigenvalue weighted by Gasteiger charge is -2.37. The normalized spacial score (nSPS) is 15.1. The van der Waals surface area contributed by atoms with Gasteiger partial charge in [-0.1, -0.05) is 0 Å². The van der Waals surface area contributed by atoms with Gasteiger partial charge in [0.2, 0.25) is 5.91 Å². The van der Waals surface area contributed by atoms with Gasteiger partial charge in [-0.2, -0.15) is 0 Å². The van der Waals surface area contributed by atoms with Crippen molar-refractivity contribution in [3.8, 4) is 0 Å². The molecule has 0 atom stereocenters. The Morgan fingerprint density at radius 2 is 2.10 bits per heavy atom. The maximum Gasteiger partial charge on any atom is 0.269 e. The number of amides is 1. The summed E-state index contributed by atoms with van der Waals surface area (Å²) in [5, 5.41) is 13.7. The van der Waals surface area contributed by atoms with E-state index in [0.717, 1.165) is 18.7 Å². The monoisotopic (exact) mass is 275 g/mol. The van der Waals surface area contributed by atoms with Crippen LogP contribution in [0.1, 0.15) is 12.5 Å². The lowest BCUT2D eigenvalue weighted by atomic mass is 10.1. The minimum absolute atomic E-state index is 0.0302. The summed E-state index contributed by atoms with van der Waals surface area (Å²) in [5.74, 6) is -0.0302. The first-order valence-electron chi connectivity index (χ1n) is 6.55. The van der Waals surface area contributed by atoms with Gasteiger partial charge in [-0.25, -0.2) is 0 Å². The van der Waals surface area contributed by atoms with Crippen molar-refractivity contribution >= 4 is 17.7 Å². The zero-order chi connectivity index (χ0) is 14.5. The average molecular weight is 275 g/mol. The van der Waals surface area contributed by atoms with Crippen LogP contribution in [0, 0.1) is 10.1 Å². The lowest BCUT2D eigenvalue weighted by Crippen LogP contribution is -2.58. The van der Waals surface area contributed by atoms with Gasteiger partial charge in [0, 0.05) is 37.8 Å². The first kappa shape index (κ1) is 14.2. The number of nitrogens with zero attached hydrogens (tertiary/aromatic N) is 2. The van der Waals surface area contributed by atoms with E-state index in [-0.39, 0.29) is 17.6 Å². The van der Waals surface area contributed by atoms with Crippen LogP contribution in [0.2, 0.25) is 0 Å². The standard InChI is InChI=1S/C14H17N3O3/c1-2-16(13-9-15-10-13)14(18)8-5-11-3-6-12(7-4-11)17(19)20/h3-8,13,15H,2,9-10H2,1H3. The van der Waals surface area contributed by atoms with E-state index in [1.807, 2.05) is 11.8 Å². The molecule has 1 heterocycles. The lowest BCUT2D eigenvalue weighted by molar-refractivity contribution is -0.384. The Balaban J connectivity index is 2.00. The highest BCUT2D eigenvalue weighted by Crippen LogP contribution is 2.13. The van der Waals surface area contributed by atoms with Crippen molar-refractivity contribution in [1.29, 1.82) is 0 Å². The average Bonchev–Trinajstić information content (AvgIpc) is 2.40. The van der Waals surface area contributed by atoms with E-state index in [9.17, 15) is 14.9 Å². The molecule has 0 aromatic heterocycles. The minimum atomic E-state index is -0.443. The SMILES string of the molecule is CCN(C(=O)C=Cc1ccc([N+](=O)[O-])cc1)C1CNC1. The molecular formula is C14H17N3O3. The number of carbonyl (C=O) groups excluding carboxylic acids is 1. The van der Waals surface area contributed by atoms with Crippen molar-refractivity contribution in [3.05, 3.63) is 46.0 Å². The summed E-state index contributed by atoms with van der Waals surface area (Å²) in [7, 11) is 0. The molecule has 20 heavy (non-hydrogen) atoms. The van der Waals surface area contributed by atoms with E-state index in [0.29, 0.717) is 6.54 Å². The zero-order valence-electron chi connectivity index (χ0n) is 11.3. The molecule has 0 bridgehead atoms. The Labute approximate surface area is 117 Å². The number of hydrogen-bond donors (Lipinski definition) is 1. The minimum Gasteiger partial charge on any atom is -0.334 e. The van der Waals surface area contributed by atoms with Crippen LogP contribution < -0.4 is 5.32 Å². The van der Waals surface area contributed by atoms with Gasteiger partial charge < -0.3 is 10.2 Å². The molecule has 1 fully saturated rings. The molecule has 0 unspecified atom stereocenters. The number of rotatable bonds is 5. The highest BCUT2D eigenvalue weighted by Gasteiger charge is 2.25. The first-order chi connectivity index (χ1) is 9.61. The zero-order valence-corrected chi connectivity index (χ0v) is 11.3. The number of hydrogen-bond acceptors (Lipinski definition) is 4. The summed E-state index contributed by atoms with van der Waals surface area (Å²) in [5.41, 5.74) is 0.816. The quantitative estimate of drug-likeness (QED) is 0.501. The molecule has 1 saturated heterocycles. The highest BCUT2D eigenvalue weighted by molar-refractivity contribution is 5.92. The molecule has 0 radical (unpaired) electrons.